The average Bonchev–Trinajstić information content (AvgIpc) is 2.41. The first-order valence-electron chi connectivity index (χ1n) is 3.28. The molecule has 0 aliphatic carbocycles. The highest BCUT2D eigenvalue weighted by Crippen LogP contribution is 2.32. The number of hydrogen-bond acceptors (Lipinski definition) is 4. The van der Waals surface area contributed by atoms with Gasteiger partial charge < -0.3 is 15.4 Å². The number of hydrogen-bond donors (Lipinski definition) is 3. The highest BCUT2D eigenvalue weighted by molar-refractivity contribution is 5.87. The summed E-state index contributed by atoms with van der Waals surface area (Å²) < 4.78 is 0. The van der Waals surface area contributed by atoms with Gasteiger partial charge in [0, 0.05) is 0 Å². The molecule has 5 nitrogen and oxygen atoms in total. The fraction of sp³-hybridized carbons (Fsp3) is 0. The molecule has 5 heteroatoms. The van der Waals surface area contributed by atoms with E-state index in [1.807, 2.05) is 0 Å². The van der Waals surface area contributed by atoms with Gasteiger partial charge in [0.2, 0.25) is 0 Å². The summed E-state index contributed by atoms with van der Waals surface area (Å²) in [5, 5.41) is 31.2. The molecule has 1 aromatic heterocycles. The molecule has 12 heavy (non-hydrogen) atoms. The van der Waals surface area contributed by atoms with Crippen LogP contribution in [0.4, 0.5) is 0 Å². The molecule has 2 rings (SSSR count). The van der Waals surface area contributed by atoms with Crippen molar-refractivity contribution in [3.8, 4) is 11.5 Å². The van der Waals surface area contributed by atoms with Gasteiger partial charge in [-0.15, -0.1) is 9.94 Å². The van der Waals surface area contributed by atoms with Crippen LogP contribution < -0.4 is 0 Å². The van der Waals surface area contributed by atoms with Crippen molar-refractivity contribution >= 4 is 10.9 Å². The van der Waals surface area contributed by atoms with Gasteiger partial charge in [0.1, 0.15) is 5.52 Å². The highest BCUT2D eigenvalue weighted by Gasteiger charge is 2.08. The van der Waals surface area contributed by atoms with Crippen LogP contribution in [-0.4, -0.2) is 25.4 Å². The number of nitrogens with zero attached hydrogens (tertiary/aromatic N) is 2. The number of benzene rings is 1. The zero-order valence-corrected chi connectivity index (χ0v) is 5.97. The third-order valence-electron chi connectivity index (χ3n) is 1.68. The van der Waals surface area contributed by atoms with Crippen LogP contribution in [0.15, 0.2) is 18.3 Å². The minimum atomic E-state index is -0.271. The van der Waals surface area contributed by atoms with Crippen molar-refractivity contribution in [2.75, 3.05) is 0 Å². The standard InChI is InChI=1S/C7H6N2O3/c10-6-2-1-5-4(7(6)11)3-8-9(5)12/h1-3,10-12H. The minimum absolute atomic E-state index is 0.226. The van der Waals surface area contributed by atoms with Crippen molar-refractivity contribution in [3.63, 3.8) is 0 Å². The first-order valence-corrected chi connectivity index (χ1v) is 3.28. The number of aromatic hydroxyl groups is 2. The van der Waals surface area contributed by atoms with Crippen molar-refractivity contribution in [2.24, 2.45) is 0 Å². The molecule has 62 valence electrons. The van der Waals surface area contributed by atoms with Crippen LogP contribution in [0, 0.1) is 0 Å². The molecular formula is C7H6N2O3. The molecule has 0 aliphatic rings. The van der Waals surface area contributed by atoms with Gasteiger partial charge in [-0.05, 0) is 12.1 Å². The Morgan fingerprint density at radius 3 is 2.75 bits per heavy atom. The van der Waals surface area contributed by atoms with Crippen LogP contribution in [0.3, 0.4) is 0 Å². The molecule has 1 heterocycles. The Morgan fingerprint density at radius 1 is 1.25 bits per heavy atom. The van der Waals surface area contributed by atoms with E-state index in [1.54, 1.807) is 0 Å². The van der Waals surface area contributed by atoms with E-state index in [9.17, 15) is 5.11 Å². The Balaban J connectivity index is 2.93. The lowest BCUT2D eigenvalue weighted by molar-refractivity contribution is 0.161. The maximum absolute atomic E-state index is 9.26. The van der Waals surface area contributed by atoms with Crippen molar-refractivity contribution in [2.45, 2.75) is 0 Å². The number of aromatic nitrogens is 2. The third kappa shape index (κ3) is 0.701. The number of phenols is 2. The third-order valence-corrected chi connectivity index (χ3v) is 1.68. The SMILES string of the molecule is Oc1ccc2c(cnn2O)c1O. The number of fused-ring (bicyclic) bond motifs is 1. The minimum Gasteiger partial charge on any atom is -0.504 e. The molecule has 0 atom stereocenters. The zero-order chi connectivity index (χ0) is 8.72. The summed E-state index contributed by atoms with van der Waals surface area (Å²) in [6, 6.07) is 2.74. The van der Waals surface area contributed by atoms with Crippen LogP contribution in [0.2, 0.25) is 0 Å². The van der Waals surface area contributed by atoms with Crippen molar-refractivity contribution < 1.29 is 15.4 Å². The van der Waals surface area contributed by atoms with E-state index in [0.717, 1.165) is 0 Å². The van der Waals surface area contributed by atoms with Crippen LogP contribution >= 0.6 is 0 Å². The predicted molar refractivity (Wildman–Crippen MR) is 40.2 cm³/mol. The van der Waals surface area contributed by atoms with Crippen LogP contribution in [0.5, 0.6) is 11.5 Å². The maximum Gasteiger partial charge on any atom is 0.168 e. The lowest BCUT2D eigenvalue weighted by Gasteiger charge is -1.97. The fourth-order valence-electron chi connectivity index (χ4n) is 1.06. The van der Waals surface area contributed by atoms with E-state index in [1.165, 1.54) is 18.3 Å². The van der Waals surface area contributed by atoms with E-state index in [0.29, 0.717) is 15.7 Å². The van der Waals surface area contributed by atoms with E-state index in [-0.39, 0.29) is 11.5 Å². The van der Waals surface area contributed by atoms with Gasteiger partial charge >= 0.3 is 0 Å². The molecular weight excluding hydrogens is 160 g/mol. The Morgan fingerprint density at radius 2 is 2.00 bits per heavy atom. The highest BCUT2D eigenvalue weighted by atomic mass is 16.5. The molecule has 0 fully saturated rings. The van der Waals surface area contributed by atoms with Gasteiger partial charge in [-0.3, -0.25) is 0 Å². The maximum atomic E-state index is 9.26. The second-order valence-electron chi connectivity index (χ2n) is 2.40. The summed E-state index contributed by atoms with van der Waals surface area (Å²) in [7, 11) is 0. The molecule has 0 saturated heterocycles. The first-order chi connectivity index (χ1) is 5.70. The normalized spacial score (nSPS) is 10.7. The monoisotopic (exact) mass is 166 g/mol. The second-order valence-corrected chi connectivity index (χ2v) is 2.40. The van der Waals surface area contributed by atoms with Crippen LogP contribution in [0.25, 0.3) is 10.9 Å². The summed E-state index contributed by atoms with van der Waals surface area (Å²) in [5.41, 5.74) is 0.352. The Kier molecular flexibility index (Phi) is 1.15. The topological polar surface area (TPSA) is 78.5 Å². The molecule has 1 aromatic carbocycles. The van der Waals surface area contributed by atoms with Gasteiger partial charge in [-0.2, -0.15) is 0 Å². The molecule has 2 aromatic rings. The Labute approximate surface area is 67.1 Å². The Bertz CT molecular complexity index is 435. The molecule has 0 bridgehead atoms. The Hall–Kier alpha value is -1.91. The summed E-state index contributed by atoms with van der Waals surface area (Å²) in [6.45, 7) is 0. The van der Waals surface area contributed by atoms with Gasteiger partial charge in [-0.25, -0.2) is 0 Å². The first kappa shape index (κ1) is 6.78. The lowest BCUT2D eigenvalue weighted by atomic mass is 10.2. The van der Waals surface area contributed by atoms with E-state index in [4.69, 9.17) is 10.3 Å². The number of rotatable bonds is 0. The van der Waals surface area contributed by atoms with Crippen LogP contribution in [-0.2, 0) is 0 Å². The second kappa shape index (κ2) is 2.04. The van der Waals surface area contributed by atoms with Crippen LogP contribution in [0.1, 0.15) is 0 Å². The molecule has 0 spiro atoms. The number of phenolic OH excluding ortho intramolecular Hbond substituents is 2. The summed E-state index contributed by atoms with van der Waals surface area (Å²) in [4.78, 5) is 0.633. The zero-order valence-electron chi connectivity index (χ0n) is 5.97. The molecule has 3 N–H and O–H groups in total. The van der Waals surface area contributed by atoms with E-state index >= 15 is 0 Å². The van der Waals surface area contributed by atoms with Gasteiger partial charge in [0.05, 0.1) is 11.6 Å². The molecule has 0 radical (unpaired) electrons. The van der Waals surface area contributed by atoms with Crippen molar-refractivity contribution in [3.05, 3.63) is 18.3 Å². The largest absolute Gasteiger partial charge is 0.504 e. The molecule has 0 aliphatic heterocycles. The van der Waals surface area contributed by atoms with Gasteiger partial charge in [-0.1, -0.05) is 0 Å². The van der Waals surface area contributed by atoms with Crippen molar-refractivity contribution in [1.29, 1.82) is 0 Å². The van der Waals surface area contributed by atoms with E-state index in [2.05, 4.69) is 5.10 Å². The predicted octanol–water partition coefficient (Wildman–Crippen LogP) is 0.685. The van der Waals surface area contributed by atoms with E-state index < -0.39 is 0 Å². The summed E-state index contributed by atoms with van der Waals surface area (Å²) >= 11 is 0. The molecule has 0 saturated carbocycles. The molecule has 0 unspecified atom stereocenters. The quantitative estimate of drug-likeness (QED) is 0.397. The molecule has 0 amide bonds. The van der Waals surface area contributed by atoms with Gasteiger partial charge in [0.25, 0.3) is 0 Å². The van der Waals surface area contributed by atoms with Gasteiger partial charge in [0.15, 0.2) is 11.5 Å². The smallest absolute Gasteiger partial charge is 0.168 e. The average molecular weight is 166 g/mol. The summed E-state index contributed by atoms with van der Waals surface area (Å²) in [5.74, 6) is -0.497. The van der Waals surface area contributed by atoms with Crippen molar-refractivity contribution in [1.82, 2.24) is 9.94 Å². The fourth-order valence-corrected chi connectivity index (χ4v) is 1.06. The summed E-state index contributed by atoms with van der Waals surface area (Å²) in [6.07, 6.45) is 1.27. The lowest BCUT2D eigenvalue weighted by Crippen LogP contribution is -1.89.